The third-order valence-corrected chi connectivity index (χ3v) is 3.50. The van der Waals surface area contributed by atoms with Crippen LogP contribution in [0.5, 0.6) is 0 Å². The van der Waals surface area contributed by atoms with Gasteiger partial charge in [-0.1, -0.05) is 24.3 Å². The summed E-state index contributed by atoms with van der Waals surface area (Å²) in [6.07, 6.45) is 3.40. The average Bonchev–Trinajstić information content (AvgIpc) is 3.02. The molecule has 2 atom stereocenters. The highest BCUT2D eigenvalue weighted by Gasteiger charge is 2.25. The normalized spacial score (nSPS) is 30.7. The lowest BCUT2D eigenvalue weighted by Crippen LogP contribution is -2.14. The zero-order chi connectivity index (χ0) is 10.3. The van der Waals surface area contributed by atoms with Crippen molar-refractivity contribution < 1.29 is 5.11 Å². The second-order valence-electron chi connectivity index (χ2n) is 4.79. The molecule has 2 N–H and O–H groups in total. The van der Waals surface area contributed by atoms with Crippen LogP contribution >= 0.6 is 0 Å². The maximum absolute atomic E-state index is 9.45. The zero-order valence-corrected chi connectivity index (χ0v) is 8.82. The van der Waals surface area contributed by atoms with Crippen molar-refractivity contribution in [1.29, 1.82) is 0 Å². The molecule has 2 aliphatic rings. The van der Waals surface area contributed by atoms with Gasteiger partial charge >= 0.3 is 0 Å². The molecule has 2 nitrogen and oxygen atoms in total. The first-order valence-corrected chi connectivity index (χ1v) is 5.84. The van der Waals surface area contributed by atoms with Gasteiger partial charge in [-0.05, 0) is 36.3 Å². The number of aliphatic hydroxyl groups excluding tert-OH is 1. The Morgan fingerprint density at radius 2 is 1.73 bits per heavy atom. The van der Waals surface area contributed by atoms with Crippen LogP contribution in [-0.4, -0.2) is 17.8 Å². The fourth-order valence-electron chi connectivity index (χ4n) is 2.39. The third-order valence-electron chi connectivity index (χ3n) is 3.50. The topological polar surface area (TPSA) is 32.3 Å². The highest BCUT2D eigenvalue weighted by atomic mass is 16.3. The highest BCUT2D eigenvalue weighted by molar-refractivity contribution is 5.30. The number of nitrogens with one attached hydrogen (secondary N) is 1. The fraction of sp³-hybridized carbons (Fsp3) is 0.538. The van der Waals surface area contributed by atoms with Crippen LogP contribution < -0.4 is 5.32 Å². The van der Waals surface area contributed by atoms with Crippen molar-refractivity contribution in [3.63, 3.8) is 0 Å². The van der Waals surface area contributed by atoms with E-state index in [1.54, 1.807) is 0 Å². The summed E-state index contributed by atoms with van der Waals surface area (Å²) in [5.74, 6) is 0.834. The van der Waals surface area contributed by atoms with E-state index < -0.39 is 0 Å². The van der Waals surface area contributed by atoms with E-state index in [0.717, 1.165) is 18.9 Å². The van der Waals surface area contributed by atoms with Crippen LogP contribution in [-0.2, 0) is 0 Å². The minimum Gasteiger partial charge on any atom is -0.392 e. The molecule has 0 bridgehead atoms. The Morgan fingerprint density at radius 3 is 2.27 bits per heavy atom. The first-order chi connectivity index (χ1) is 7.33. The quantitative estimate of drug-likeness (QED) is 0.770. The van der Waals surface area contributed by atoms with E-state index in [0.29, 0.717) is 6.04 Å². The van der Waals surface area contributed by atoms with Crippen molar-refractivity contribution >= 4 is 0 Å². The first-order valence-electron chi connectivity index (χ1n) is 5.84. The molecule has 2 fully saturated rings. The van der Waals surface area contributed by atoms with Gasteiger partial charge in [-0.25, -0.2) is 0 Å². The van der Waals surface area contributed by atoms with E-state index in [9.17, 15) is 5.11 Å². The van der Waals surface area contributed by atoms with E-state index in [1.807, 2.05) is 0 Å². The van der Waals surface area contributed by atoms with Crippen molar-refractivity contribution in [2.45, 2.75) is 37.3 Å². The average molecular weight is 203 g/mol. The maximum Gasteiger partial charge on any atom is 0.0682 e. The van der Waals surface area contributed by atoms with Crippen LogP contribution in [0.4, 0.5) is 0 Å². The fourth-order valence-corrected chi connectivity index (χ4v) is 2.39. The number of rotatable bonds is 2. The largest absolute Gasteiger partial charge is 0.392 e. The van der Waals surface area contributed by atoms with Gasteiger partial charge in [-0.15, -0.1) is 0 Å². The molecule has 0 radical (unpaired) electrons. The zero-order valence-electron chi connectivity index (χ0n) is 8.82. The lowest BCUT2D eigenvalue weighted by atomic mass is 10.0. The molecular formula is C13H17NO. The van der Waals surface area contributed by atoms with Gasteiger partial charge in [0.1, 0.15) is 0 Å². The Bertz CT molecular complexity index is 342. The van der Waals surface area contributed by atoms with Crippen molar-refractivity contribution in [2.24, 2.45) is 0 Å². The van der Waals surface area contributed by atoms with E-state index in [-0.39, 0.29) is 6.10 Å². The first kappa shape index (κ1) is 9.37. The van der Waals surface area contributed by atoms with Crippen molar-refractivity contribution in [1.82, 2.24) is 5.32 Å². The van der Waals surface area contributed by atoms with Crippen LogP contribution in [0, 0.1) is 0 Å². The van der Waals surface area contributed by atoms with E-state index in [2.05, 4.69) is 29.6 Å². The smallest absolute Gasteiger partial charge is 0.0682 e. The molecule has 0 amide bonds. The Balaban J connectivity index is 1.75. The number of aliphatic hydroxyl groups is 1. The van der Waals surface area contributed by atoms with Crippen LogP contribution in [0.25, 0.3) is 0 Å². The monoisotopic (exact) mass is 203 g/mol. The molecule has 80 valence electrons. The predicted molar refractivity (Wildman–Crippen MR) is 59.8 cm³/mol. The van der Waals surface area contributed by atoms with Crippen LogP contribution in [0.1, 0.15) is 42.3 Å². The SMILES string of the molecule is OC1CNC(c2ccc(C3CC3)cc2)C1. The second kappa shape index (κ2) is 3.62. The van der Waals surface area contributed by atoms with Gasteiger partial charge in [0.05, 0.1) is 6.10 Å². The predicted octanol–water partition coefficient (Wildman–Crippen LogP) is 1.96. The standard InChI is InChI=1S/C13H17NO/c15-12-7-13(14-8-12)11-5-3-10(4-6-11)9-1-2-9/h3-6,9,12-15H,1-2,7-8H2. The molecule has 1 heterocycles. The molecule has 15 heavy (non-hydrogen) atoms. The molecule has 0 spiro atoms. The molecule has 0 aromatic heterocycles. The summed E-state index contributed by atoms with van der Waals surface area (Å²) in [6, 6.07) is 9.28. The summed E-state index contributed by atoms with van der Waals surface area (Å²) in [4.78, 5) is 0. The van der Waals surface area contributed by atoms with Crippen LogP contribution in [0.2, 0.25) is 0 Å². The van der Waals surface area contributed by atoms with Gasteiger partial charge in [0.25, 0.3) is 0 Å². The highest BCUT2D eigenvalue weighted by Crippen LogP contribution is 2.40. The van der Waals surface area contributed by atoms with Gasteiger partial charge < -0.3 is 10.4 Å². The molecule has 1 aromatic carbocycles. The Hall–Kier alpha value is -0.860. The molecule has 2 unspecified atom stereocenters. The maximum atomic E-state index is 9.45. The Kier molecular flexibility index (Phi) is 2.26. The van der Waals surface area contributed by atoms with Crippen molar-refractivity contribution in [2.75, 3.05) is 6.54 Å². The van der Waals surface area contributed by atoms with Gasteiger partial charge in [0.15, 0.2) is 0 Å². The molecule has 3 rings (SSSR count). The number of β-amino-alcohol motifs (C(OH)–C–C–N with tert-alkyl or cyclic N) is 1. The summed E-state index contributed by atoms with van der Waals surface area (Å²) in [7, 11) is 0. The van der Waals surface area contributed by atoms with Gasteiger partial charge in [-0.2, -0.15) is 0 Å². The van der Waals surface area contributed by atoms with E-state index in [4.69, 9.17) is 0 Å². The van der Waals surface area contributed by atoms with Crippen molar-refractivity contribution in [3.05, 3.63) is 35.4 Å². The summed E-state index contributed by atoms with van der Waals surface area (Å²) < 4.78 is 0. The number of hydrogen-bond acceptors (Lipinski definition) is 2. The summed E-state index contributed by atoms with van der Waals surface area (Å²) in [5, 5.41) is 12.8. The number of hydrogen-bond donors (Lipinski definition) is 2. The lowest BCUT2D eigenvalue weighted by Gasteiger charge is -2.10. The Morgan fingerprint density at radius 1 is 1.07 bits per heavy atom. The molecule has 1 aliphatic carbocycles. The van der Waals surface area contributed by atoms with E-state index >= 15 is 0 Å². The minimum atomic E-state index is -0.168. The van der Waals surface area contributed by atoms with Crippen LogP contribution in [0.3, 0.4) is 0 Å². The van der Waals surface area contributed by atoms with Gasteiger partial charge in [-0.3, -0.25) is 0 Å². The summed E-state index contributed by atoms with van der Waals surface area (Å²) in [6.45, 7) is 0.731. The van der Waals surface area contributed by atoms with Crippen molar-refractivity contribution in [3.8, 4) is 0 Å². The minimum absolute atomic E-state index is 0.168. The molecule has 2 heteroatoms. The molecule has 1 aliphatic heterocycles. The van der Waals surface area contributed by atoms with Gasteiger partial charge in [0, 0.05) is 12.6 Å². The Labute approximate surface area is 90.3 Å². The van der Waals surface area contributed by atoms with E-state index in [1.165, 1.54) is 24.0 Å². The second-order valence-corrected chi connectivity index (χ2v) is 4.79. The molecule has 1 saturated carbocycles. The lowest BCUT2D eigenvalue weighted by molar-refractivity contribution is 0.193. The molecule has 1 aromatic rings. The summed E-state index contributed by atoms with van der Waals surface area (Å²) in [5.41, 5.74) is 2.80. The third kappa shape index (κ3) is 1.92. The molecular weight excluding hydrogens is 186 g/mol. The summed E-state index contributed by atoms with van der Waals surface area (Å²) >= 11 is 0. The molecule has 1 saturated heterocycles. The number of benzene rings is 1. The van der Waals surface area contributed by atoms with Gasteiger partial charge in [0.2, 0.25) is 0 Å². The van der Waals surface area contributed by atoms with Crippen LogP contribution in [0.15, 0.2) is 24.3 Å².